The number of ether oxygens (including phenoxy) is 1. The summed E-state index contributed by atoms with van der Waals surface area (Å²) in [6, 6.07) is 7.40. The van der Waals surface area contributed by atoms with Gasteiger partial charge in [0.05, 0.1) is 7.11 Å². The second-order valence-electron chi connectivity index (χ2n) is 4.37. The van der Waals surface area contributed by atoms with Crippen molar-refractivity contribution in [3.05, 3.63) is 29.8 Å². The second-order valence-corrected chi connectivity index (χ2v) is 4.37. The first-order valence-electron chi connectivity index (χ1n) is 5.47. The quantitative estimate of drug-likeness (QED) is 0.819. The highest BCUT2D eigenvalue weighted by atomic mass is 16.5. The van der Waals surface area contributed by atoms with Crippen LogP contribution in [-0.2, 0) is 11.2 Å². The molecule has 0 bridgehead atoms. The third kappa shape index (κ3) is 2.97. The lowest BCUT2D eigenvalue weighted by Gasteiger charge is -2.26. The number of aliphatic hydroxyl groups is 1. The van der Waals surface area contributed by atoms with Crippen LogP contribution in [0, 0.1) is 5.92 Å². The summed E-state index contributed by atoms with van der Waals surface area (Å²) in [4.78, 5) is 10.9. The fourth-order valence-corrected chi connectivity index (χ4v) is 1.61. The molecule has 4 heteroatoms. The van der Waals surface area contributed by atoms with Gasteiger partial charge in [0.1, 0.15) is 5.75 Å². The fourth-order valence-electron chi connectivity index (χ4n) is 1.61. The van der Waals surface area contributed by atoms with Gasteiger partial charge in [-0.3, -0.25) is 0 Å². The molecule has 17 heavy (non-hydrogen) atoms. The first-order chi connectivity index (χ1) is 7.89. The Labute approximate surface area is 101 Å². The van der Waals surface area contributed by atoms with Crippen LogP contribution in [0.15, 0.2) is 24.3 Å². The van der Waals surface area contributed by atoms with E-state index in [9.17, 15) is 9.90 Å². The molecule has 0 spiro atoms. The van der Waals surface area contributed by atoms with E-state index in [0.29, 0.717) is 12.2 Å². The monoisotopic (exact) mass is 238 g/mol. The number of hydrogen-bond donors (Lipinski definition) is 2. The summed E-state index contributed by atoms with van der Waals surface area (Å²) in [5.74, 6) is -0.906. The molecule has 0 aliphatic rings. The number of carbonyl (C=O) groups is 1. The van der Waals surface area contributed by atoms with Crippen LogP contribution in [0.4, 0.5) is 0 Å². The van der Waals surface area contributed by atoms with Gasteiger partial charge in [-0.05, 0) is 30.9 Å². The standard InChI is InChI=1S/C13H18O4/c1-9(13(2,16)12(14)15)8-10-6-4-5-7-11(10)17-3/h4-7,9,16H,8H2,1-3H3,(H,14,15). The zero-order valence-electron chi connectivity index (χ0n) is 10.3. The predicted molar refractivity (Wildman–Crippen MR) is 64.1 cm³/mol. The van der Waals surface area contributed by atoms with Gasteiger partial charge in [-0.15, -0.1) is 0 Å². The molecule has 0 radical (unpaired) electrons. The molecule has 0 saturated heterocycles. The summed E-state index contributed by atoms with van der Waals surface area (Å²) in [6.45, 7) is 3.02. The van der Waals surface area contributed by atoms with Crippen molar-refractivity contribution in [2.75, 3.05) is 7.11 Å². The molecule has 1 rings (SSSR count). The van der Waals surface area contributed by atoms with Crippen LogP contribution in [0.2, 0.25) is 0 Å². The van der Waals surface area contributed by atoms with E-state index < -0.39 is 17.5 Å². The number of carboxylic acids is 1. The van der Waals surface area contributed by atoms with Gasteiger partial charge >= 0.3 is 5.97 Å². The SMILES string of the molecule is COc1ccccc1CC(C)C(C)(O)C(=O)O. The number of carboxylic acid groups (broad SMARTS) is 1. The molecule has 4 nitrogen and oxygen atoms in total. The van der Waals surface area contributed by atoms with Crippen LogP contribution in [0.25, 0.3) is 0 Å². The highest BCUT2D eigenvalue weighted by molar-refractivity contribution is 5.76. The molecule has 0 aromatic heterocycles. The number of rotatable bonds is 5. The van der Waals surface area contributed by atoms with Gasteiger partial charge in [-0.1, -0.05) is 25.1 Å². The van der Waals surface area contributed by atoms with E-state index >= 15 is 0 Å². The molecule has 0 saturated carbocycles. The molecule has 94 valence electrons. The maximum absolute atomic E-state index is 10.9. The molecule has 2 atom stereocenters. The Hall–Kier alpha value is -1.55. The van der Waals surface area contributed by atoms with E-state index in [-0.39, 0.29) is 0 Å². The highest BCUT2D eigenvalue weighted by Crippen LogP contribution is 2.26. The van der Waals surface area contributed by atoms with Crippen molar-refractivity contribution in [1.29, 1.82) is 0 Å². The third-order valence-electron chi connectivity index (χ3n) is 3.11. The number of methoxy groups -OCH3 is 1. The van der Waals surface area contributed by atoms with E-state index in [1.165, 1.54) is 6.92 Å². The largest absolute Gasteiger partial charge is 0.496 e. The lowest BCUT2D eigenvalue weighted by Crippen LogP contribution is -2.42. The highest BCUT2D eigenvalue weighted by Gasteiger charge is 2.36. The molecule has 0 heterocycles. The van der Waals surface area contributed by atoms with E-state index in [0.717, 1.165) is 5.56 Å². The molecule has 1 aromatic rings. The zero-order valence-corrected chi connectivity index (χ0v) is 10.3. The summed E-state index contributed by atoms with van der Waals surface area (Å²) < 4.78 is 5.19. The van der Waals surface area contributed by atoms with Crippen molar-refractivity contribution in [2.24, 2.45) is 5.92 Å². The molecule has 0 aliphatic carbocycles. The lowest BCUT2D eigenvalue weighted by atomic mass is 9.85. The second kappa shape index (κ2) is 5.19. The molecule has 1 aromatic carbocycles. The number of para-hydroxylation sites is 1. The summed E-state index contributed by atoms with van der Waals surface area (Å²) in [5, 5.41) is 18.8. The Morgan fingerprint density at radius 3 is 2.59 bits per heavy atom. The zero-order chi connectivity index (χ0) is 13.1. The Kier molecular flexibility index (Phi) is 4.12. The summed E-state index contributed by atoms with van der Waals surface area (Å²) >= 11 is 0. The summed E-state index contributed by atoms with van der Waals surface area (Å²) in [6.07, 6.45) is 0.448. The van der Waals surface area contributed by atoms with Crippen molar-refractivity contribution < 1.29 is 19.7 Å². The van der Waals surface area contributed by atoms with Gasteiger partial charge < -0.3 is 14.9 Å². The molecular formula is C13H18O4. The number of benzene rings is 1. The van der Waals surface area contributed by atoms with E-state index in [4.69, 9.17) is 9.84 Å². The molecule has 2 unspecified atom stereocenters. The van der Waals surface area contributed by atoms with Crippen LogP contribution < -0.4 is 4.74 Å². The average molecular weight is 238 g/mol. The fraction of sp³-hybridized carbons (Fsp3) is 0.462. The van der Waals surface area contributed by atoms with Gasteiger partial charge in [-0.2, -0.15) is 0 Å². The maximum atomic E-state index is 10.9. The Morgan fingerprint density at radius 2 is 2.06 bits per heavy atom. The molecule has 0 fully saturated rings. The van der Waals surface area contributed by atoms with Gasteiger partial charge in [0, 0.05) is 0 Å². The molecule has 2 N–H and O–H groups in total. The van der Waals surface area contributed by atoms with Crippen LogP contribution in [0.3, 0.4) is 0 Å². The van der Waals surface area contributed by atoms with Gasteiger partial charge in [-0.25, -0.2) is 4.79 Å². The van der Waals surface area contributed by atoms with Crippen LogP contribution >= 0.6 is 0 Å². The predicted octanol–water partition coefficient (Wildman–Crippen LogP) is 1.71. The van der Waals surface area contributed by atoms with Crippen molar-refractivity contribution in [3.8, 4) is 5.75 Å². The van der Waals surface area contributed by atoms with Gasteiger partial charge in [0.15, 0.2) is 5.60 Å². The summed E-state index contributed by atoms with van der Waals surface area (Å²) in [7, 11) is 1.57. The van der Waals surface area contributed by atoms with E-state index in [1.54, 1.807) is 14.0 Å². The summed E-state index contributed by atoms with van der Waals surface area (Å²) in [5.41, 5.74) is -0.843. The minimum atomic E-state index is -1.74. The van der Waals surface area contributed by atoms with Gasteiger partial charge in [0.25, 0.3) is 0 Å². The van der Waals surface area contributed by atoms with Gasteiger partial charge in [0.2, 0.25) is 0 Å². The van der Waals surface area contributed by atoms with Crippen LogP contribution in [0.5, 0.6) is 5.75 Å². The van der Waals surface area contributed by atoms with E-state index in [1.807, 2.05) is 24.3 Å². The van der Waals surface area contributed by atoms with Crippen molar-refractivity contribution in [1.82, 2.24) is 0 Å². The smallest absolute Gasteiger partial charge is 0.335 e. The third-order valence-corrected chi connectivity index (χ3v) is 3.11. The van der Waals surface area contributed by atoms with Crippen molar-refractivity contribution in [3.63, 3.8) is 0 Å². The Bertz CT molecular complexity index is 398. The number of aliphatic carboxylic acids is 1. The lowest BCUT2D eigenvalue weighted by molar-refractivity contribution is -0.161. The van der Waals surface area contributed by atoms with Crippen molar-refractivity contribution >= 4 is 5.97 Å². The maximum Gasteiger partial charge on any atom is 0.335 e. The minimum Gasteiger partial charge on any atom is -0.496 e. The Balaban J connectivity index is 2.88. The molecular weight excluding hydrogens is 220 g/mol. The van der Waals surface area contributed by atoms with Crippen molar-refractivity contribution in [2.45, 2.75) is 25.9 Å². The van der Waals surface area contributed by atoms with Crippen LogP contribution in [-0.4, -0.2) is 28.9 Å². The Morgan fingerprint density at radius 1 is 1.47 bits per heavy atom. The average Bonchev–Trinajstić information content (AvgIpc) is 2.29. The molecule has 0 amide bonds. The number of hydrogen-bond acceptors (Lipinski definition) is 3. The van der Waals surface area contributed by atoms with Crippen LogP contribution in [0.1, 0.15) is 19.4 Å². The topological polar surface area (TPSA) is 66.8 Å². The normalized spacial score (nSPS) is 16.0. The van der Waals surface area contributed by atoms with E-state index in [2.05, 4.69) is 0 Å². The first kappa shape index (κ1) is 13.5. The minimum absolute atomic E-state index is 0.406. The first-order valence-corrected chi connectivity index (χ1v) is 5.47. The molecule has 0 aliphatic heterocycles.